The molecule has 1 aromatic carbocycles. The fraction of sp³-hybridized carbons (Fsp3) is 0.556. The Morgan fingerprint density at radius 2 is 2.03 bits per heavy atom. The Balaban J connectivity index is 1.51. The minimum absolute atomic E-state index is 0.0480. The number of benzene rings is 1. The number of pyridine rings is 1. The summed E-state index contributed by atoms with van der Waals surface area (Å²) in [4.78, 5) is 18.9. The smallest absolute Gasteiger partial charge is 0.225 e. The molecule has 2 aliphatic rings. The van der Waals surface area contributed by atoms with Crippen LogP contribution in [0.3, 0.4) is 0 Å². The molecule has 2 bridgehead atoms. The third-order valence-corrected chi connectivity index (χ3v) is 9.67. The van der Waals surface area contributed by atoms with Gasteiger partial charge in [0.1, 0.15) is 5.78 Å². The quantitative estimate of drug-likeness (QED) is 0.529. The highest BCUT2D eigenvalue weighted by Gasteiger charge is 2.44. The van der Waals surface area contributed by atoms with Crippen molar-refractivity contribution in [2.75, 3.05) is 24.7 Å². The summed E-state index contributed by atoms with van der Waals surface area (Å²) in [6, 6.07) is 12.1. The van der Waals surface area contributed by atoms with Gasteiger partial charge in [-0.2, -0.15) is 0 Å². The van der Waals surface area contributed by atoms with Gasteiger partial charge < -0.3 is 10.4 Å². The largest absolute Gasteiger partial charge is 0.391 e. The van der Waals surface area contributed by atoms with Crippen molar-refractivity contribution < 1.29 is 27.9 Å². The summed E-state index contributed by atoms with van der Waals surface area (Å²) in [5, 5.41) is 14.8. The number of ketones is 1. The SMILES string of the molecule is C[C@@H]1CS(=O)(=O)CCCCO[n+]2cccc(c2)C[C@H]([C@@H](O)CNC2(c3cccc(Br)c3)CC2)CC1=O. The average Bonchev–Trinajstić information content (AvgIpc) is 3.62. The van der Waals surface area contributed by atoms with Crippen LogP contribution in [0.25, 0.3) is 0 Å². The Morgan fingerprint density at radius 1 is 1.22 bits per heavy atom. The highest BCUT2D eigenvalue weighted by atomic mass is 79.9. The summed E-state index contributed by atoms with van der Waals surface area (Å²) in [5.41, 5.74) is 1.99. The van der Waals surface area contributed by atoms with Crippen LogP contribution in [0, 0.1) is 11.8 Å². The van der Waals surface area contributed by atoms with Crippen LogP contribution in [0.2, 0.25) is 0 Å². The molecule has 196 valence electrons. The van der Waals surface area contributed by atoms with Crippen molar-refractivity contribution in [3.8, 4) is 0 Å². The van der Waals surface area contributed by atoms with Crippen LogP contribution in [0.5, 0.6) is 0 Å². The van der Waals surface area contributed by atoms with Gasteiger partial charge in [-0.3, -0.25) is 9.63 Å². The summed E-state index contributed by atoms with van der Waals surface area (Å²) in [7, 11) is -3.34. The number of carbonyl (C=O) groups is 1. The van der Waals surface area contributed by atoms with E-state index in [1.54, 1.807) is 17.9 Å². The molecule has 1 aromatic heterocycles. The fourth-order valence-corrected chi connectivity index (χ4v) is 7.06. The molecule has 1 aliphatic carbocycles. The second kappa shape index (κ2) is 11.7. The first-order chi connectivity index (χ1) is 17.2. The van der Waals surface area contributed by atoms with Crippen molar-refractivity contribution in [3.63, 3.8) is 0 Å². The van der Waals surface area contributed by atoms with E-state index in [-0.39, 0.29) is 35.2 Å². The summed E-state index contributed by atoms with van der Waals surface area (Å²) in [6.07, 6.45) is 6.61. The molecule has 1 fully saturated rings. The number of nitrogens with zero attached hydrogens (tertiary/aromatic N) is 1. The van der Waals surface area contributed by atoms with Crippen LogP contribution >= 0.6 is 15.9 Å². The van der Waals surface area contributed by atoms with Gasteiger partial charge in [-0.1, -0.05) is 35.0 Å². The van der Waals surface area contributed by atoms with Crippen molar-refractivity contribution >= 4 is 31.6 Å². The van der Waals surface area contributed by atoms with Gasteiger partial charge in [-0.05, 0) is 61.8 Å². The molecular weight excluding hydrogens is 544 g/mol. The van der Waals surface area contributed by atoms with Crippen LogP contribution in [-0.2, 0) is 26.6 Å². The lowest BCUT2D eigenvalue weighted by atomic mass is 9.87. The topological polar surface area (TPSA) is 96.6 Å². The van der Waals surface area contributed by atoms with E-state index in [0.29, 0.717) is 32.4 Å². The zero-order valence-corrected chi connectivity index (χ0v) is 23.1. The van der Waals surface area contributed by atoms with Gasteiger partial charge >= 0.3 is 0 Å². The number of Topliss-reactive ketones (excluding diaryl/α,β-unsaturated/α-hetero) is 1. The molecule has 1 saturated carbocycles. The van der Waals surface area contributed by atoms with Crippen molar-refractivity contribution in [1.82, 2.24) is 5.32 Å². The Labute approximate surface area is 222 Å². The number of sulfone groups is 1. The second-order valence-corrected chi connectivity index (χ2v) is 13.4. The molecule has 0 radical (unpaired) electrons. The highest BCUT2D eigenvalue weighted by molar-refractivity contribution is 9.10. The highest BCUT2D eigenvalue weighted by Crippen LogP contribution is 2.46. The first-order valence-corrected chi connectivity index (χ1v) is 15.3. The lowest BCUT2D eigenvalue weighted by molar-refractivity contribution is -0.891. The van der Waals surface area contributed by atoms with E-state index in [9.17, 15) is 18.3 Å². The Kier molecular flexibility index (Phi) is 8.86. The molecule has 0 amide bonds. The molecule has 7 nitrogen and oxygen atoms in total. The number of halogens is 1. The summed E-state index contributed by atoms with van der Waals surface area (Å²) in [5.74, 6) is -1.18. The van der Waals surface area contributed by atoms with E-state index >= 15 is 0 Å². The molecule has 4 rings (SSSR count). The first kappa shape index (κ1) is 27.2. The van der Waals surface area contributed by atoms with Crippen LogP contribution in [0.1, 0.15) is 50.2 Å². The normalized spacial score (nSPS) is 25.1. The van der Waals surface area contributed by atoms with Crippen LogP contribution in [0.15, 0.2) is 53.3 Å². The minimum Gasteiger partial charge on any atom is -0.391 e. The number of rotatable bonds is 5. The fourth-order valence-electron chi connectivity index (χ4n) is 4.91. The lowest BCUT2D eigenvalue weighted by Gasteiger charge is -2.27. The van der Waals surface area contributed by atoms with E-state index in [0.717, 1.165) is 22.9 Å². The molecule has 0 saturated heterocycles. The number of hydrogen-bond acceptors (Lipinski definition) is 6. The molecule has 9 heteroatoms. The molecule has 1 aliphatic heterocycles. The van der Waals surface area contributed by atoms with Gasteiger partial charge in [0.05, 0.1) is 17.6 Å². The van der Waals surface area contributed by atoms with E-state index in [1.165, 1.54) is 5.56 Å². The van der Waals surface area contributed by atoms with E-state index < -0.39 is 21.9 Å². The Morgan fingerprint density at radius 3 is 2.78 bits per heavy atom. The Hall–Kier alpha value is -1.81. The van der Waals surface area contributed by atoms with Gasteiger partial charge in [0, 0.05) is 45.3 Å². The van der Waals surface area contributed by atoms with Gasteiger partial charge in [-0.15, -0.1) is 0 Å². The molecular formula is C27H36BrN2O5S+. The summed E-state index contributed by atoms with van der Waals surface area (Å²) < 4.78 is 27.7. The van der Waals surface area contributed by atoms with Gasteiger partial charge in [0.25, 0.3) is 0 Å². The van der Waals surface area contributed by atoms with Crippen LogP contribution in [-0.4, -0.2) is 50.1 Å². The number of aliphatic hydroxyl groups is 1. The zero-order chi connectivity index (χ0) is 25.8. The zero-order valence-electron chi connectivity index (χ0n) is 20.7. The van der Waals surface area contributed by atoms with Crippen LogP contribution in [0.4, 0.5) is 0 Å². The lowest BCUT2D eigenvalue weighted by Crippen LogP contribution is -2.43. The van der Waals surface area contributed by atoms with Gasteiger partial charge in [0.2, 0.25) is 12.4 Å². The average molecular weight is 581 g/mol. The molecule has 0 unspecified atom stereocenters. The Bertz CT molecular complexity index is 1170. The minimum atomic E-state index is -3.34. The number of hydrogen-bond donors (Lipinski definition) is 2. The standard InChI is InChI=1S/C27H36BrN2O5S/c1-20-19-36(33,34)13-3-2-12-35-30-11-5-6-21(18-30)14-22(15-25(20)31)26(32)17-29-27(9-10-27)23-7-4-8-24(28)16-23/h4-8,11,16,18,20,22,26,29,32H,2-3,9-10,12-15,17,19H2,1H3/q+1/t20-,22+,26+/m1/s1. The molecule has 2 heterocycles. The van der Waals surface area contributed by atoms with E-state index in [4.69, 9.17) is 4.84 Å². The van der Waals surface area contributed by atoms with E-state index in [2.05, 4.69) is 33.4 Å². The molecule has 2 N–H and O–H groups in total. The number of aromatic nitrogens is 1. The molecule has 0 spiro atoms. The maximum atomic E-state index is 13.1. The van der Waals surface area contributed by atoms with Crippen molar-refractivity contribution in [3.05, 3.63) is 64.4 Å². The van der Waals surface area contributed by atoms with Crippen molar-refractivity contribution in [2.45, 2.75) is 57.1 Å². The van der Waals surface area contributed by atoms with Crippen molar-refractivity contribution in [2.24, 2.45) is 11.8 Å². The number of nitrogens with one attached hydrogen (secondary N) is 1. The maximum Gasteiger partial charge on any atom is 0.225 e. The second-order valence-electron chi connectivity index (χ2n) is 10.3. The summed E-state index contributed by atoms with van der Waals surface area (Å²) in [6.45, 7) is 2.44. The van der Waals surface area contributed by atoms with Crippen LogP contribution < -0.4 is 14.9 Å². The molecule has 2 aromatic rings. The third-order valence-electron chi connectivity index (χ3n) is 7.26. The third kappa shape index (κ3) is 7.37. The molecule has 3 atom stereocenters. The summed E-state index contributed by atoms with van der Waals surface area (Å²) >= 11 is 3.54. The monoisotopic (exact) mass is 579 g/mol. The van der Waals surface area contributed by atoms with Gasteiger partial charge in [-0.25, -0.2) is 8.42 Å². The maximum absolute atomic E-state index is 13.1. The number of carbonyl (C=O) groups excluding carboxylic acids is 1. The van der Waals surface area contributed by atoms with Gasteiger partial charge in [0.15, 0.2) is 16.4 Å². The van der Waals surface area contributed by atoms with Crippen molar-refractivity contribution in [1.29, 1.82) is 0 Å². The molecule has 36 heavy (non-hydrogen) atoms. The van der Waals surface area contributed by atoms with E-state index in [1.807, 2.05) is 30.5 Å². The predicted molar refractivity (Wildman–Crippen MR) is 141 cm³/mol. The predicted octanol–water partition coefficient (Wildman–Crippen LogP) is 2.77. The number of aliphatic hydroxyl groups excluding tert-OH is 1. The first-order valence-electron chi connectivity index (χ1n) is 12.7. The number of fused-ring (bicyclic) bond motifs is 2.